The van der Waals surface area contributed by atoms with Gasteiger partial charge in [0.25, 0.3) is 0 Å². The van der Waals surface area contributed by atoms with Crippen molar-refractivity contribution in [1.29, 1.82) is 0 Å². The Morgan fingerprint density at radius 2 is 0.977 bits per heavy atom. The maximum absolute atomic E-state index is 3.70. The predicted molar refractivity (Wildman–Crippen MR) is 187 cm³/mol. The van der Waals surface area contributed by atoms with Crippen LogP contribution in [0.5, 0.6) is 0 Å². The predicted octanol–water partition coefficient (Wildman–Crippen LogP) is 11.5. The zero-order valence-corrected chi connectivity index (χ0v) is 24.2. The Kier molecular flexibility index (Phi) is 6.51. The van der Waals surface area contributed by atoms with Gasteiger partial charge in [0.2, 0.25) is 0 Å². The van der Waals surface area contributed by atoms with Crippen LogP contribution in [0.15, 0.2) is 176 Å². The lowest BCUT2D eigenvalue weighted by atomic mass is 9.97. The van der Waals surface area contributed by atoms with Crippen LogP contribution in [0.3, 0.4) is 0 Å². The number of para-hydroxylation sites is 3. The van der Waals surface area contributed by atoms with Crippen LogP contribution in [-0.2, 0) is 0 Å². The minimum atomic E-state index is 1.07. The van der Waals surface area contributed by atoms with E-state index < -0.39 is 0 Å². The molecular weight excluding hydrogens is 532 g/mol. The van der Waals surface area contributed by atoms with E-state index in [9.17, 15) is 0 Å². The normalized spacial score (nSPS) is 11.2. The molecule has 2 heteroatoms. The fourth-order valence-electron chi connectivity index (χ4n) is 6.28. The fourth-order valence-corrected chi connectivity index (χ4v) is 6.28. The van der Waals surface area contributed by atoms with Crippen LogP contribution in [0.1, 0.15) is 0 Å². The summed E-state index contributed by atoms with van der Waals surface area (Å²) in [6, 6.07) is 62.7. The van der Waals surface area contributed by atoms with E-state index in [1.54, 1.807) is 0 Å². The number of nitrogens with one attached hydrogen (secondary N) is 1. The quantitative estimate of drug-likeness (QED) is 0.213. The average Bonchev–Trinajstić information content (AvgIpc) is 3.43. The van der Waals surface area contributed by atoms with Gasteiger partial charge in [0.1, 0.15) is 0 Å². The van der Waals surface area contributed by atoms with Gasteiger partial charge >= 0.3 is 0 Å². The van der Waals surface area contributed by atoms with E-state index in [2.05, 4.69) is 186 Å². The Labute approximate surface area is 257 Å². The minimum absolute atomic E-state index is 1.07. The second-order valence-electron chi connectivity index (χ2n) is 11.1. The molecule has 0 saturated carbocycles. The van der Waals surface area contributed by atoms with Gasteiger partial charge in [-0.05, 0) is 82.4 Å². The number of rotatable bonds is 6. The Morgan fingerprint density at radius 3 is 1.84 bits per heavy atom. The van der Waals surface area contributed by atoms with Crippen molar-refractivity contribution < 1.29 is 0 Å². The van der Waals surface area contributed by atoms with Gasteiger partial charge in [-0.3, -0.25) is 0 Å². The summed E-state index contributed by atoms with van der Waals surface area (Å²) in [5.74, 6) is 0. The van der Waals surface area contributed by atoms with Gasteiger partial charge < -0.3 is 9.88 Å². The Bertz CT molecular complexity index is 2240. The molecule has 8 aromatic rings. The van der Waals surface area contributed by atoms with E-state index in [1.165, 1.54) is 60.9 Å². The zero-order valence-electron chi connectivity index (χ0n) is 24.2. The van der Waals surface area contributed by atoms with Crippen molar-refractivity contribution in [2.75, 3.05) is 5.32 Å². The van der Waals surface area contributed by atoms with E-state index in [0.717, 1.165) is 11.4 Å². The average molecular weight is 563 g/mol. The van der Waals surface area contributed by atoms with Crippen molar-refractivity contribution >= 4 is 33.2 Å². The second kappa shape index (κ2) is 11.1. The SMILES string of the molecule is c1ccc(-c2cccc(Nc3ccccc3-c3cccc(-c4ccc5c(c4)c4ccccc4n5-c4ccccc4)c3)c2)cc1. The van der Waals surface area contributed by atoms with Gasteiger partial charge in [-0.2, -0.15) is 0 Å². The topological polar surface area (TPSA) is 17.0 Å². The van der Waals surface area contributed by atoms with E-state index in [1.807, 2.05) is 0 Å². The number of fused-ring (bicyclic) bond motifs is 3. The standard InChI is InChI=1S/C42H30N2/c1-3-13-30(14-4-1)32-16-12-18-35(28-32)43-40-23-9-7-21-37(40)34-17-11-15-31(27-34)33-25-26-42-39(29-33)38-22-8-10-24-41(38)44(42)36-19-5-2-6-20-36/h1-29,43H. The third kappa shape index (κ3) is 4.73. The van der Waals surface area contributed by atoms with Crippen LogP contribution in [0.4, 0.5) is 11.4 Å². The fraction of sp³-hybridized carbons (Fsp3) is 0. The van der Waals surface area contributed by atoms with Gasteiger partial charge in [0.15, 0.2) is 0 Å². The third-order valence-corrected chi connectivity index (χ3v) is 8.37. The number of anilines is 2. The zero-order chi connectivity index (χ0) is 29.3. The highest BCUT2D eigenvalue weighted by atomic mass is 15.0. The van der Waals surface area contributed by atoms with E-state index in [0.29, 0.717) is 0 Å². The number of benzene rings is 7. The van der Waals surface area contributed by atoms with Crippen LogP contribution in [-0.4, -0.2) is 4.57 Å². The first kappa shape index (κ1) is 25.8. The van der Waals surface area contributed by atoms with Crippen molar-refractivity contribution in [2.24, 2.45) is 0 Å². The highest BCUT2D eigenvalue weighted by Crippen LogP contribution is 2.37. The highest BCUT2D eigenvalue weighted by Gasteiger charge is 2.14. The maximum Gasteiger partial charge on any atom is 0.0541 e. The molecule has 0 bridgehead atoms. The first-order chi connectivity index (χ1) is 21.8. The molecule has 1 aromatic heterocycles. The molecule has 1 heterocycles. The first-order valence-electron chi connectivity index (χ1n) is 15.0. The monoisotopic (exact) mass is 562 g/mol. The Hall–Kier alpha value is -5.86. The molecule has 7 aromatic carbocycles. The van der Waals surface area contributed by atoms with Crippen molar-refractivity contribution in [3.63, 3.8) is 0 Å². The highest BCUT2D eigenvalue weighted by molar-refractivity contribution is 6.10. The van der Waals surface area contributed by atoms with Crippen molar-refractivity contribution in [3.05, 3.63) is 176 Å². The van der Waals surface area contributed by atoms with Gasteiger partial charge in [0.05, 0.1) is 11.0 Å². The molecule has 1 N–H and O–H groups in total. The van der Waals surface area contributed by atoms with Crippen LogP contribution in [0, 0.1) is 0 Å². The maximum atomic E-state index is 3.70. The van der Waals surface area contributed by atoms with Crippen LogP contribution >= 0.6 is 0 Å². The van der Waals surface area contributed by atoms with E-state index in [4.69, 9.17) is 0 Å². The second-order valence-corrected chi connectivity index (χ2v) is 11.1. The minimum Gasteiger partial charge on any atom is -0.355 e. The molecule has 0 aliphatic carbocycles. The first-order valence-corrected chi connectivity index (χ1v) is 15.0. The molecule has 0 atom stereocenters. The number of aromatic nitrogens is 1. The molecule has 0 unspecified atom stereocenters. The summed E-state index contributed by atoms with van der Waals surface area (Å²) in [5.41, 5.74) is 12.9. The Morgan fingerprint density at radius 1 is 0.364 bits per heavy atom. The van der Waals surface area contributed by atoms with Crippen LogP contribution < -0.4 is 5.32 Å². The van der Waals surface area contributed by atoms with Crippen molar-refractivity contribution in [3.8, 4) is 39.1 Å². The van der Waals surface area contributed by atoms with Crippen LogP contribution in [0.25, 0.3) is 60.9 Å². The molecule has 44 heavy (non-hydrogen) atoms. The van der Waals surface area contributed by atoms with Crippen molar-refractivity contribution in [2.45, 2.75) is 0 Å². The summed E-state index contributed by atoms with van der Waals surface area (Å²) < 4.78 is 2.36. The summed E-state index contributed by atoms with van der Waals surface area (Å²) in [7, 11) is 0. The lowest BCUT2D eigenvalue weighted by Gasteiger charge is -2.14. The molecule has 0 aliphatic rings. The third-order valence-electron chi connectivity index (χ3n) is 8.37. The molecule has 208 valence electrons. The summed E-state index contributed by atoms with van der Waals surface area (Å²) in [6.07, 6.45) is 0. The van der Waals surface area contributed by atoms with Gasteiger partial charge in [-0.1, -0.05) is 121 Å². The largest absolute Gasteiger partial charge is 0.355 e. The van der Waals surface area contributed by atoms with Gasteiger partial charge in [-0.15, -0.1) is 0 Å². The lowest BCUT2D eigenvalue weighted by molar-refractivity contribution is 1.18. The number of hydrogen-bond donors (Lipinski definition) is 1. The molecule has 2 nitrogen and oxygen atoms in total. The summed E-state index contributed by atoms with van der Waals surface area (Å²) >= 11 is 0. The molecule has 0 spiro atoms. The molecule has 0 fully saturated rings. The number of nitrogens with zero attached hydrogens (tertiary/aromatic N) is 1. The summed E-state index contributed by atoms with van der Waals surface area (Å²) in [4.78, 5) is 0. The van der Waals surface area contributed by atoms with Crippen LogP contribution in [0.2, 0.25) is 0 Å². The smallest absolute Gasteiger partial charge is 0.0541 e. The van der Waals surface area contributed by atoms with E-state index in [-0.39, 0.29) is 0 Å². The molecule has 0 radical (unpaired) electrons. The molecule has 0 amide bonds. The molecular formula is C42H30N2. The van der Waals surface area contributed by atoms with E-state index >= 15 is 0 Å². The lowest BCUT2D eigenvalue weighted by Crippen LogP contribution is -1.94. The van der Waals surface area contributed by atoms with Crippen molar-refractivity contribution in [1.82, 2.24) is 4.57 Å². The van der Waals surface area contributed by atoms with Gasteiger partial charge in [-0.25, -0.2) is 0 Å². The summed E-state index contributed by atoms with van der Waals surface area (Å²) in [6.45, 7) is 0. The Balaban J connectivity index is 1.17. The van der Waals surface area contributed by atoms with Gasteiger partial charge in [0, 0.05) is 33.4 Å². The summed E-state index contributed by atoms with van der Waals surface area (Å²) in [5, 5.41) is 6.22. The molecule has 8 rings (SSSR count). The number of hydrogen-bond acceptors (Lipinski definition) is 1. The molecule has 0 saturated heterocycles. The molecule has 0 aliphatic heterocycles.